The van der Waals surface area contributed by atoms with E-state index in [9.17, 15) is 0 Å². The van der Waals surface area contributed by atoms with Gasteiger partial charge in [0, 0.05) is 11.2 Å². The van der Waals surface area contributed by atoms with Gasteiger partial charge in [0.05, 0.1) is 0 Å². The van der Waals surface area contributed by atoms with Gasteiger partial charge >= 0.3 is 7.12 Å². The fourth-order valence-corrected chi connectivity index (χ4v) is 1.71. The summed E-state index contributed by atoms with van der Waals surface area (Å²) in [6, 6.07) is 8.47. The Balaban J connectivity index is 2.94. The third-order valence-electron chi connectivity index (χ3n) is 2.58. The van der Waals surface area contributed by atoms with Crippen LogP contribution in [0.4, 0.5) is 0 Å². The fraction of sp³-hybridized carbons (Fsp3) is 0.625. The van der Waals surface area contributed by atoms with Crippen molar-refractivity contribution in [2.75, 3.05) is 0 Å². The summed E-state index contributed by atoms with van der Waals surface area (Å²) in [6.45, 7) is 14.4. The van der Waals surface area contributed by atoms with Crippen LogP contribution in [0.2, 0.25) is 0 Å². The van der Waals surface area contributed by atoms with E-state index in [1.54, 1.807) is 0 Å². The summed E-state index contributed by atoms with van der Waals surface area (Å²) in [6.07, 6.45) is 1.05. The molecule has 0 aromatic heterocycles. The fourth-order valence-electron chi connectivity index (χ4n) is 1.71. The predicted molar refractivity (Wildman–Crippen MR) is 82.9 cm³/mol. The summed E-state index contributed by atoms with van der Waals surface area (Å²) in [5.41, 5.74) is 1.93. The average Bonchev–Trinajstić information content (AvgIpc) is 2.24. The lowest BCUT2D eigenvalue weighted by atomic mass is 9.76. The van der Waals surface area contributed by atoms with Crippen molar-refractivity contribution >= 4 is 12.6 Å². The minimum Gasteiger partial charge on any atom is -0.403 e. The van der Waals surface area contributed by atoms with Gasteiger partial charge in [0.15, 0.2) is 0 Å². The molecule has 106 valence electrons. The van der Waals surface area contributed by atoms with Gasteiger partial charge in [0.25, 0.3) is 0 Å². The van der Waals surface area contributed by atoms with Crippen molar-refractivity contribution in [3.05, 3.63) is 29.8 Å². The molecule has 0 aliphatic carbocycles. The van der Waals surface area contributed by atoms with Crippen molar-refractivity contribution in [2.45, 2.75) is 66.1 Å². The Hall–Kier alpha value is -0.795. The molecule has 0 unspecified atom stereocenters. The molecule has 1 aromatic rings. The first kappa shape index (κ1) is 16.3. The van der Waals surface area contributed by atoms with E-state index in [1.165, 1.54) is 5.56 Å². The van der Waals surface area contributed by atoms with Crippen LogP contribution in [-0.2, 0) is 15.7 Å². The quantitative estimate of drug-likeness (QED) is 0.772. The smallest absolute Gasteiger partial charge is 0.403 e. The Kier molecular flexibility index (Phi) is 5.22. The van der Waals surface area contributed by atoms with Gasteiger partial charge in [-0.25, -0.2) is 0 Å². The normalized spacial score (nSPS) is 12.6. The second-order valence-corrected chi connectivity index (χ2v) is 6.89. The standard InChI is InChI=1S/C16H27BO2/c1-8-13-9-11-14(12-10-13)17(18-15(2,3)4)19-16(5,6)7/h9-12H,8H2,1-7H3. The molecule has 0 bridgehead atoms. The van der Waals surface area contributed by atoms with Gasteiger partial charge in [-0.05, 0) is 59.0 Å². The van der Waals surface area contributed by atoms with Gasteiger partial charge in [0.1, 0.15) is 0 Å². The Morgan fingerprint density at radius 3 is 1.58 bits per heavy atom. The van der Waals surface area contributed by atoms with E-state index < -0.39 is 0 Å². The number of benzene rings is 1. The van der Waals surface area contributed by atoms with Gasteiger partial charge in [0.2, 0.25) is 0 Å². The maximum absolute atomic E-state index is 6.05. The van der Waals surface area contributed by atoms with Gasteiger partial charge < -0.3 is 9.31 Å². The first-order chi connectivity index (χ1) is 8.61. The van der Waals surface area contributed by atoms with E-state index in [-0.39, 0.29) is 18.3 Å². The Bertz CT molecular complexity index is 369. The molecule has 0 amide bonds. The predicted octanol–water partition coefficient (Wildman–Crippen LogP) is 3.57. The summed E-state index contributed by atoms with van der Waals surface area (Å²) < 4.78 is 12.1. The lowest BCUT2D eigenvalue weighted by molar-refractivity contribution is 0.0408. The molecule has 3 heteroatoms. The summed E-state index contributed by atoms with van der Waals surface area (Å²) in [5.74, 6) is 0. The minimum atomic E-state index is -0.328. The highest BCUT2D eigenvalue weighted by atomic mass is 16.6. The maximum Gasteiger partial charge on any atom is 0.494 e. The molecule has 0 saturated carbocycles. The molecule has 1 aromatic carbocycles. The second-order valence-electron chi connectivity index (χ2n) is 6.89. The van der Waals surface area contributed by atoms with E-state index in [1.807, 2.05) is 41.5 Å². The van der Waals surface area contributed by atoms with Crippen LogP contribution in [0.1, 0.15) is 54.0 Å². The molecule has 1 rings (SSSR count). The Labute approximate surface area is 118 Å². The zero-order chi connectivity index (χ0) is 14.7. The summed E-state index contributed by atoms with van der Waals surface area (Å²) >= 11 is 0. The summed E-state index contributed by atoms with van der Waals surface area (Å²) in [4.78, 5) is 0. The van der Waals surface area contributed by atoms with Crippen molar-refractivity contribution in [2.24, 2.45) is 0 Å². The van der Waals surface area contributed by atoms with Crippen LogP contribution in [0.3, 0.4) is 0 Å². The Morgan fingerprint density at radius 2 is 1.26 bits per heavy atom. The third kappa shape index (κ3) is 6.26. The van der Waals surface area contributed by atoms with Crippen LogP contribution in [0, 0.1) is 0 Å². The highest BCUT2D eigenvalue weighted by molar-refractivity contribution is 6.61. The van der Waals surface area contributed by atoms with E-state index in [4.69, 9.17) is 9.31 Å². The van der Waals surface area contributed by atoms with Gasteiger partial charge in [-0.1, -0.05) is 31.2 Å². The largest absolute Gasteiger partial charge is 0.494 e. The van der Waals surface area contributed by atoms with Crippen molar-refractivity contribution in [3.8, 4) is 0 Å². The van der Waals surface area contributed by atoms with Gasteiger partial charge in [-0.2, -0.15) is 0 Å². The number of hydrogen-bond acceptors (Lipinski definition) is 2. The van der Waals surface area contributed by atoms with E-state index >= 15 is 0 Å². The number of hydrogen-bond donors (Lipinski definition) is 0. The zero-order valence-electron chi connectivity index (χ0n) is 13.4. The number of aryl methyl sites for hydroxylation is 1. The van der Waals surface area contributed by atoms with Crippen LogP contribution in [0.15, 0.2) is 24.3 Å². The van der Waals surface area contributed by atoms with Crippen molar-refractivity contribution in [1.82, 2.24) is 0 Å². The molecule has 19 heavy (non-hydrogen) atoms. The molecular weight excluding hydrogens is 235 g/mol. The van der Waals surface area contributed by atoms with Crippen molar-refractivity contribution in [1.29, 1.82) is 0 Å². The average molecular weight is 262 g/mol. The van der Waals surface area contributed by atoms with E-state index in [0.29, 0.717) is 0 Å². The van der Waals surface area contributed by atoms with Crippen LogP contribution in [-0.4, -0.2) is 18.3 Å². The minimum absolute atomic E-state index is 0.237. The van der Waals surface area contributed by atoms with Crippen LogP contribution < -0.4 is 5.46 Å². The SMILES string of the molecule is CCc1ccc(B(OC(C)(C)C)OC(C)(C)C)cc1. The third-order valence-corrected chi connectivity index (χ3v) is 2.58. The summed E-state index contributed by atoms with van der Waals surface area (Å²) in [7, 11) is -0.328. The van der Waals surface area contributed by atoms with E-state index in [2.05, 4.69) is 31.2 Å². The molecule has 0 radical (unpaired) electrons. The van der Waals surface area contributed by atoms with Crippen LogP contribution >= 0.6 is 0 Å². The molecule has 0 aliphatic heterocycles. The molecule has 0 N–H and O–H groups in total. The summed E-state index contributed by atoms with van der Waals surface area (Å²) in [5, 5.41) is 0. The van der Waals surface area contributed by atoms with Crippen LogP contribution in [0.5, 0.6) is 0 Å². The molecular formula is C16H27BO2. The lowest BCUT2D eigenvalue weighted by Gasteiger charge is -2.30. The first-order valence-electron chi connectivity index (χ1n) is 7.05. The number of rotatable bonds is 4. The molecule has 0 aliphatic rings. The lowest BCUT2D eigenvalue weighted by Crippen LogP contribution is -2.46. The highest BCUT2D eigenvalue weighted by Gasteiger charge is 2.31. The first-order valence-corrected chi connectivity index (χ1v) is 7.05. The maximum atomic E-state index is 6.05. The monoisotopic (exact) mass is 262 g/mol. The Morgan fingerprint density at radius 1 is 0.842 bits per heavy atom. The van der Waals surface area contributed by atoms with Crippen LogP contribution in [0.25, 0.3) is 0 Å². The van der Waals surface area contributed by atoms with E-state index in [0.717, 1.165) is 11.9 Å². The molecule has 0 spiro atoms. The molecule has 0 heterocycles. The topological polar surface area (TPSA) is 18.5 Å². The molecule has 0 fully saturated rings. The molecule has 0 saturated heterocycles. The second kappa shape index (κ2) is 6.10. The van der Waals surface area contributed by atoms with Crippen molar-refractivity contribution in [3.63, 3.8) is 0 Å². The van der Waals surface area contributed by atoms with Gasteiger partial charge in [-0.15, -0.1) is 0 Å². The van der Waals surface area contributed by atoms with Gasteiger partial charge in [-0.3, -0.25) is 0 Å². The molecule has 0 atom stereocenters. The van der Waals surface area contributed by atoms with Crippen molar-refractivity contribution < 1.29 is 9.31 Å². The molecule has 2 nitrogen and oxygen atoms in total. The zero-order valence-corrected chi connectivity index (χ0v) is 13.4. The highest BCUT2D eigenvalue weighted by Crippen LogP contribution is 2.16.